The minimum absolute atomic E-state index is 0.282. The van der Waals surface area contributed by atoms with E-state index in [0.29, 0.717) is 0 Å². The summed E-state index contributed by atoms with van der Waals surface area (Å²) in [5.74, 6) is 0.804. The van der Waals surface area contributed by atoms with E-state index in [0.717, 1.165) is 12.2 Å². The first-order chi connectivity index (χ1) is 7.33. The summed E-state index contributed by atoms with van der Waals surface area (Å²) in [6, 6.07) is 10.9. The molecule has 1 atom stereocenters. The number of rotatable bonds is 7. The van der Waals surface area contributed by atoms with Crippen molar-refractivity contribution < 1.29 is 0 Å². The number of benzene rings is 1. The average Bonchev–Trinajstić information content (AvgIpc) is 2.29. The van der Waals surface area contributed by atoms with Gasteiger partial charge in [-0.2, -0.15) is 12.6 Å². The van der Waals surface area contributed by atoms with Crippen molar-refractivity contribution in [1.29, 1.82) is 0 Å². The maximum atomic E-state index is 5.79. The summed E-state index contributed by atoms with van der Waals surface area (Å²) >= 11 is 4.17. The van der Waals surface area contributed by atoms with Crippen LogP contribution in [0, 0.1) is 0 Å². The lowest BCUT2D eigenvalue weighted by Gasteiger charge is -2.07. The Balaban J connectivity index is 2.03. The normalized spacial score (nSPS) is 12.7. The van der Waals surface area contributed by atoms with Gasteiger partial charge in [0.25, 0.3) is 0 Å². The zero-order valence-electron chi connectivity index (χ0n) is 9.23. The Bertz CT molecular complexity index is 248. The summed E-state index contributed by atoms with van der Waals surface area (Å²) in [5, 5.41) is 0. The van der Waals surface area contributed by atoms with Crippen LogP contribution in [-0.2, 0) is 6.42 Å². The van der Waals surface area contributed by atoms with Gasteiger partial charge in [-0.15, -0.1) is 0 Å². The lowest BCUT2D eigenvalue weighted by molar-refractivity contribution is 0.584. The van der Waals surface area contributed by atoms with Crippen molar-refractivity contribution in [2.45, 2.75) is 38.1 Å². The summed E-state index contributed by atoms with van der Waals surface area (Å²) in [7, 11) is 0. The molecule has 0 bridgehead atoms. The first-order valence-electron chi connectivity index (χ1n) is 5.73. The van der Waals surface area contributed by atoms with Crippen LogP contribution in [0.15, 0.2) is 30.3 Å². The Kier molecular flexibility index (Phi) is 6.53. The third-order valence-corrected chi connectivity index (χ3v) is 3.09. The van der Waals surface area contributed by atoms with Crippen LogP contribution in [0.25, 0.3) is 0 Å². The number of thiol groups is 1. The fraction of sp³-hybridized carbons (Fsp3) is 0.538. The van der Waals surface area contributed by atoms with E-state index in [1.54, 1.807) is 0 Å². The Morgan fingerprint density at radius 3 is 2.47 bits per heavy atom. The van der Waals surface area contributed by atoms with Crippen LogP contribution in [0.1, 0.15) is 31.2 Å². The molecule has 0 amide bonds. The summed E-state index contributed by atoms with van der Waals surface area (Å²) in [4.78, 5) is 0. The van der Waals surface area contributed by atoms with Crippen LogP contribution in [0.4, 0.5) is 0 Å². The predicted molar refractivity (Wildman–Crippen MR) is 70.4 cm³/mol. The SMILES string of the molecule is NC(CS)CCCCCc1ccccc1. The second kappa shape index (κ2) is 7.77. The third kappa shape index (κ3) is 5.85. The van der Waals surface area contributed by atoms with Crippen molar-refractivity contribution in [2.24, 2.45) is 5.73 Å². The summed E-state index contributed by atoms with van der Waals surface area (Å²) in [5.41, 5.74) is 7.23. The first-order valence-corrected chi connectivity index (χ1v) is 6.36. The van der Waals surface area contributed by atoms with Gasteiger partial charge in [0.2, 0.25) is 0 Å². The molecule has 0 spiro atoms. The maximum absolute atomic E-state index is 5.79. The van der Waals surface area contributed by atoms with E-state index in [1.165, 1.54) is 31.2 Å². The molecule has 0 heterocycles. The number of hydrogen-bond acceptors (Lipinski definition) is 2. The van der Waals surface area contributed by atoms with Gasteiger partial charge >= 0.3 is 0 Å². The maximum Gasteiger partial charge on any atom is 0.0127 e. The molecule has 0 radical (unpaired) electrons. The summed E-state index contributed by atoms with van der Waals surface area (Å²) < 4.78 is 0. The fourth-order valence-corrected chi connectivity index (χ4v) is 1.83. The van der Waals surface area contributed by atoms with Gasteiger partial charge in [0.05, 0.1) is 0 Å². The highest BCUT2D eigenvalue weighted by atomic mass is 32.1. The van der Waals surface area contributed by atoms with Gasteiger partial charge in [-0.25, -0.2) is 0 Å². The molecule has 1 nitrogen and oxygen atoms in total. The lowest BCUT2D eigenvalue weighted by Crippen LogP contribution is -2.21. The van der Waals surface area contributed by atoms with Crippen molar-refractivity contribution in [2.75, 3.05) is 5.75 Å². The van der Waals surface area contributed by atoms with E-state index in [1.807, 2.05) is 0 Å². The Morgan fingerprint density at radius 2 is 1.80 bits per heavy atom. The second-order valence-corrected chi connectivity index (χ2v) is 4.39. The molecule has 1 aromatic carbocycles. The highest BCUT2D eigenvalue weighted by molar-refractivity contribution is 7.80. The number of unbranched alkanes of at least 4 members (excludes halogenated alkanes) is 2. The van der Waals surface area contributed by atoms with Crippen molar-refractivity contribution in [1.82, 2.24) is 0 Å². The van der Waals surface area contributed by atoms with Crippen LogP contribution in [0.2, 0.25) is 0 Å². The molecule has 0 aromatic heterocycles. The molecule has 1 unspecified atom stereocenters. The second-order valence-electron chi connectivity index (χ2n) is 4.03. The van der Waals surface area contributed by atoms with Gasteiger partial charge in [-0.3, -0.25) is 0 Å². The molecule has 0 saturated carbocycles. The molecule has 0 saturated heterocycles. The molecule has 0 aliphatic carbocycles. The molecule has 2 N–H and O–H groups in total. The monoisotopic (exact) mass is 223 g/mol. The molecule has 1 aromatic rings. The largest absolute Gasteiger partial charge is 0.327 e. The Morgan fingerprint density at radius 1 is 1.07 bits per heavy atom. The van der Waals surface area contributed by atoms with E-state index in [2.05, 4.69) is 43.0 Å². The standard InChI is InChI=1S/C13H21NS/c14-13(11-15)10-6-2-5-9-12-7-3-1-4-8-12/h1,3-4,7-8,13,15H,2,5-6,9-11,14H2. The molecule has 84 valence electrons. The van der Waals surface area contributed by atoms with Gasteiger partial charge in [0, 0.05) is 11.8 Å². The lowest BCUT2D eigenvalue weighted by atomic mass is 10.0. The highest BCUT2D eigenvalue weighted by Crippen LogP contribution is 2.08. The van der Waals surface area contributed by atoms with Crippen molar-refractivity contribution in [3.05, 3.63) is 35.9 Å². The van der Waals surface area contributed by atoms with Gasteiger partial charge < -0.3 is 5.73 Å². The number of aryl methyl sites for hydroxylation is 1. The zero-order chi connectivity index (χ0) is 10.9. The van der Waals surface area contributed by atoms with Gasteiger partial charge in [0.15, 0.2) is 0 Å². The first kappa shape index (κ1) is 12.6. The van der Waals surface area contributed by atoms with E-state index in [9.17, 15) is 0 Å². The molecule has 0 aliphatic rings. The third-order valence-electron chi connectivity index (χ3n) is 2.62. The van der Waals surface area contributed by atoms with E-state index < -0.39 is 0 Å². The average molecular weight is 223 g/mol. The topological polar surface area (TPSA) is 26.0 Å². The smallest absolute Gasteiger partial charge is 0.0127 e. The van der Waals surface area contributed by atoms with Crippen molar-refractivity contribution in [3.8, 4) is 0 Å². The molecular weight excluding hydrogens is 202 g/mol. The van der Waals surface area contributed by atoms with Crippen LogP contribution in [0.3, 0.4) is 0 Å². The Hall–Kier alpha value is -0.470. The molecule has 0 aliphatic heterocycles. The Labute approximate surface area is 98.5 Å². The van der Waals surface area contributed by atoms with Crippen LogP contribution in [0.5, 0.6) is 0 Å². The van der Waals surface area contributed by atoms with Gasteiger partial charge in [-0.05, 0) is 24.8 Å². The summed E-state index contributed by atoms with van der Waals surface area (Å²) in [6.45, 7) is 0. The molecule has 15 heavy (non-hydrogen) atoms. The highest BCUT2D eigenvalue weighted by Gasteiger charge is 1.98. The van der Waals surface area contributed by atoms with E-state index >= 15 is 0 Å². The van der Waals surface area contributed by atoms with E-state index in [4.69, 9.17) is 5.73 Å². The van der Waals surface area contributed by atoms with Crippen molar-refractivity contribution in [3.63, 3.8) is 0 Å². The van der Waals surface area contributed by atoms with Gasteiger partial charge in [-0.1, -0.05) is 43.2 Å². The summed E-state index contributed by atoms with van der Waals surface area (Å²) in [6.07, 6.45) is 6.07. The molecule has 1 rings (SSSR count). The predicted octanol–water partition coefficient (Wildman–Crippen LogP) is 3.05. The van der Waals surface area contributed by atoms with E-state index in [-0.39, 0.29) is 6.04 Å². The minimum atomic E-state index is 0.282. The van der Waals surface area contributed by atoms with Gasteiger partial charge in [0.1, 0.15) is 0 Å². The quantitative estimate of drug-likeness (QED) is 0.539. The number of nitrogens with two attached hydrogens (primary N) is 1. The fourth-order valence-electron chi connectivity index (χ4n) is 1.65. The zero-order valence-corrected chi connectivity index (χ0v) is 10.1. The van der Waals surface area contributed by atoms with Crippen LogP contribution < -0.4 is 5.73 Å². The van der Waals surface area contributed by atoms with Crippen molar-refractivity contribution >= 4 is 12.6 Å². The minimum Gasteiger partial charge on any atom is -0.327 e. The number of hydrogen-bond donors (Lipinski definition) is 2. The molecule has 0 fully saturated rings. The van der Waals surface area contributed by atoms with Crippen LogP contribution in [-0.4, -0.2) is 11.8 Å². The molecular formula is C13H21NS. The van der Waals surface area contributed by atoms with Crippen LogP contribution >= 0.6 is 12.6 Å². The molecule has 2 heteroatoms.